The van der Waals surface area contributed by atoms with Crippen molar-refractivity contribution in [2.45, 2.75) is 38.4 Å². The summed E-state index contributed by atoms with van der Waals surface area (Å²) in [7, 11) is 0. The van der Waals surface area contributed by atoms with Gasteiger partial charge in [-0.2, -0.15) is 5.26 Å². The first-order chi connectivity index (χ1) is 8.69. The van der Waals surface area contributed by atoms with Crippen molar-refractivity contribution in [2.24, 2.45) is 0 Å². The number of halogens is 1. The number of ketones is 1. The lowest BCUT2D eigenvalue weighted by molar-refractivity contribution is -0.123. The van der Waals surface area contributed by atoms with E-state index in [0.29, 0.717) is 24.0 Å². The van der Waals surface area contributed by atoms with Gasteiger partial charge in [-0.05, 0) is 36.6 Å². The van der Waals surface area contributed by atoms with Gasteiger partial charge in [-0.15, -0.1) is 0 Å². The van der Waals surface area contributed by atoms with Gasteiger partial charge in [-0.3, -0.25) is 4.79 Å². The Kier molecular flexibility index (Phi) is 4.06. The van der Waals surface area contributed by atoms with Crippen LogP contribution < -0.4 is 0 Å². The fourth-order valence-corrected chi connectivity index (χ4v) is 2.08. The van der Waals surface area contributed by atoms with E-state index in [1.165, 1.54) is 18.2 Å². The van der Waals surface area contributed by atoms with E-state index in [2.05, 4.69) is 0 Å². The van der Waals surface area contributed by atoms with Crippen LogP contribution >= 0.6 is 0 Å². The lowest BCUT2D eigenvalue weighted by atomic mass is 9.96. The molecule has 1 aliphatic carbocycles. The van der Waals surface area contributed by atoms with Crippen molar-refractivity contribution in [3.05, 3.63) is 35.1 Å². The maximum Gasteiger partial charge on any atom is 0.133 e. The van der Waals surface area contributed by atoms with Crippen LogP contribution in [-0.2, 0) is 16.1 Å². The molecule has 0 saturated heterocycles. The van der Waals surface area contributed by atoms with Gasteiger partial charge in [0.05, 0.1) is 24.3 Å². The van der Waals surface area contributed by atoms with E-state index in [9.17, 15) is 9.18 Å². The molecule has 0 aromatic heterocycles. The molecule has 0 unspecified atom stereocenters. The molecule has 0 spiro atoms. The number of nitrogens with zero attached hydrogens (tertiary/aromatic N) is 1. The van der Waals surface area contributed by atoms with Gasteiger partial charge in [0.1, 0.15) is 11.6 Å². The number of carbonyl (C=O) groups is 1. The summed E-state index contributed by atoms with van der Waals surface area (Å²) in [6.45, 7) is 0.222. The molecule has 0 atom stereocenters. The van der Waals surface area contributed by atoms with E-state index in [0.717, 1.165) is 12.8 Å². The lowest BCUT2D eigenvalue weighted by Gasteiger charge is -2.21. The highest BCUT2D eigenvalue weighted by molar-refractivity contribution is 5.79. The highest BCUT2D eigenvalue weighted by Gasteiger charge is 2.19. The van der Waals surface area contributed by atoms with Gasteiger partial charge in [0.15, 0.2) is 0 Å². The molecule has 1 aromatic carbocycles. The van der Waals surface area contributed by atoms with E-state index in [-0.39, 0.29) is 24.3 Å². The molecule has 94 valence electrons. The number of carbonyl (C=O) groups excluding carboxylic acids is 1. The maximum atomic E-state index is 13.1. The van der Waals surface area contributed by atoms with Gasteiger partial charge in [0, 0.05) is 12.8 Å². The van der Waals surface area contributed by atoms with E-state index < -0.39 is 0 Å². The molecule has 4 heteroatoms. The normalized spacial score (nSPS) is 16.6. The van der Waals surface area contributed by atoms with Crippen LogP contribution in [0.5, 0.6) is 0 Å². The number of rotatable bonds is 3. The number of hydrogen-bond acceptors (Lipinski definition) is 3. The molecule has 1 fully saturated rings. The third kappa shape index (κ3) is 3.14. The van der Waals surface area contributed by atoms with Crippen molar-refractivity contribution in [1.29, 1.82) is 5.26 Å². The SMILES string of the molecule is N#Cc1ccc(F)cc1COC1CCC(=O)CC1. The summed E-state index contributed by atoms with van der Waals surface area (Å²) in [5.41, 5.74) is 0.998. The minimum atomic E-state index is -0.369. The molecule has 2 rings (SSSR count). The molecular weight excluding hydrogens is 233 g/mol. The van der Waals surface area contributed by atoms with Crippen LogP contribution in [0.15, 0.2) is 18.2 Å². The Morgan fingerprint density at radius 2 is 2.11 bits per heavy atom. The molecule has 1 aliphatic rings. The zero-order valence-electron chi connectivity index (χ0n) is 9.99. The highest BCUT2D eigenvalue weighted by Crippen LogP contribution is 2.20. The molecule has 1 saturated carbocycles. The van der Waals surface area contributed by atoms with Crippen molar-refractivity contribution in [3.8, 4) is 6.07 Å². The maximum absolute atomic E-state index is 13.1. The second-order valence-electron chi connectivity index (χ2n) is 4.46. The molecule has 1 aromatic rings. The van der Waals surface area contributed by atoms with Crippen LogP contribution in [0.2, 0.25) is 0 Å². The number of nitriles is 1. The van der Waals surface area contributed by atoms with E-state index in [1.807, 2.05) is 6.07 Å². The molecule has 0 amide bonds. The van der Waals surface area contributed by atoms with Crippen molar-refractivity contribution in [1.82, 2.24) is 0 Å². The van der Waals surface area contributed by atoms with Crippen LogP contribution in [0.3, 0.4) is 0 Å². The Labute approximate surface area is 105 Å². The van der Waals surface area contributed by atoms with Crippen LogP contribution in [0.4, 0.5) is 4.39 Å². The number of ether oxygens (including phenoxy) is 1. The second-order valence-corrected chi connectivity index (χ2v) is 4.46. The zero-order chi connectivity index (χ0) is 13.0. The first kappa shape index (κ1) is 12.7. The molecule has 0 heterocycles. The summed E-state index contributed by atoms with van der Waals surface area (Å²) in [6, 6.07) is 6.06. The van der Waals surface area contributed by atoms with Gasteiger partial charge in [0.25, 0.3) is 0 Å². The topological polar surface area (TPSA) is 50.1 Å². The molecule has 0 radical (unpaired) electrons. The van der Waals surface area contributed by atoms with Crippen molar-refractivity contribution in [2.75, 3.05) is 0 Å². The smallest absolute Gasteiger partial charge is 0.133 e. The Balaban J connectivity index is 1.96. The zero-order valence-corrected chi connectivity index (χ0v) is 9.99. The van der Waals surface area contributed by atoms with Crippen LogP contribution in [-0.4, -0.2) is 11.9 Å². The summed E-state index contributed by atoms with van der Waals surface area (Å²) in [5, 5.41) is 8.91. The largest absolute Gasteiger partial charge is 0.373 e. The van der Waals surface area contributed by atoms with Crippen molar-refractivity contribution in [3.63, 3.8) is 0 Å². The number of hydrogen-bond donors (Lipinski definition) is 0. The predicted molar refractivity (Wildman–Crippen MR) is 63.2 cm³/mol. The first-order valence-corrected chi connectivity index (χ1v) is 6.01. The molecule has 0 N–H and O–H groups in total. The Morgan fingerprint density at radius 1 is 1.39 bits per heavy atom. The van der Waals surface area contributed by atoms with Crippen LogP contribution in [0.25, 0.3) is 0 Å². The fraction of sp³-hybridized carbons (Fsp3) is 0.429. The monoisotopic (exact) mass is 247 g/mol. The molecule has 0 bridgehead atoms. The summed E-state index contributed by atoms with van der Waals surface area (Å²) >= 11 is 0. The van der Waals surface area contributed by atoms with E-state index in [4.69, 9.17) is 10.00 Å². The number of benzene rings is 1. The van der Waals surface area contributed by atoms with Gasteiger partial charge >= 0.3 is 0 Å². The summed E-state index contributed by atoms with van der Waals surface area (Å²) in [4.78, 5) is 11.1. The standard InChI is InChI=1S/C14H14FNO2/c15-12-2-1-10(8-16)11(7-12)9-18-14-5-3-13(17)4-6-14/h1-2,7,14H,3-6,9H2. The summed E-state index contributed by atoms with van der Waals surface area (Å²) in [5.74, 6) is -0.0928. The number of Topliss-reactive ketones (excluding diaryl/α,β-unsaturated/α-hetero) is 1. The van der Waals surface area contributed by atoms with Crippen LogP contribution in [0.1, 0.15) is 36.8 Å². The van der Waals surface area contributed by atoms with Gasteiger partial charge in [-0.25, -0.2) is 4.39 Å². The summed E-state index contributed by atoms with van der Waals surface area (Å²) in [6.07, 6.45) is 2.58. The Bertz CT molecular complexity index is 483. The molecule has 3 nitrogen and oxygen atoms in total. The highest BCUT2D eigenvalue weighted by atomic mass is 19.1. The molecule has 0 aliphatic heterocycles. The van der Waals surface area contributed by atoms with Gasteiger partial charge in [0.2, 0.25) is 0 Å². The second kappa shape index (κ2) is 5.74. The first-order valence-electron chi connectivity index (χ1n) is 6.01. The fourth-order valence-electron chi connectivity index (χ4n) is 2.08. The lowest BCUT2D eigenvalue weighted by Crippen LogP contribution is -2.21. The molecule has 18 heavy (non-hydrogen) atoms. The van der Waals surface area contributed by atoms with Crippen LogP contribution in [0, 0.1) is 17.1 Å². The quantitative estimate of drug-likeness (QED) is 0.825. The van der Waals surface area contributed by atoms with E-state index >= 15 is 0 Å². The van der Waals surface area contributed by atoms with Crippen molar-refractivity contribution >= 4 is 5.78 Å². The average molecular weight is 247 g/mol. The Morgan fingerprint density at radius 3 is 2.78 bits per heavy atom. The Hall–Kier alpha value is -1.73. The summed E-state index contributed by atoms with van der Waals surface area (Å²) < 4.78 is 18.7. The predicted octanol–water partition coefficient (Wildman–Crippen LogP) is 2.73. The van der Waals surface area contributed by atoms with Crippen molar-refractivity contribution < 1.29 is 13.9 Å². The third-order valence-electron chi connectivity index (χ3n) is 3.15. The van der Waals surface area contributed by atoms with Gasteiger partial charge in [-0.1, -0.05) is 0 Å². The average Bonchev–Trinajstić information content (AvgIpc) is 2.38. The minimum Gasteiger partial charge on any atom is -0.373 e. The van der Waals surface area contributed by atoms with E-state index in [1.54, 1.807) is 0 Å². The minimum absolute atomic E-state index is 0.0394. The molecular formula is C14H14FNO2. The third-order valence-corrected chi connectivity index (χ3v) is 3.15. The van der Waals surface area contributed by atoms with Gasteiger partial charge < -0.3 is 4.74 Å².